The number of nitrogens with one attached hydrogen (secondary N) is 1. The third kappa shape index (κ3) is 4.07. The highest BCUT2D eigenvalue weighted by atomic mass is 35.5. The van der Waals surface area contributed by atoms with E-state index in [0.29, 0.717) is 13.2 Å². The van der Waals surface area contributed by atoms with Crippen LogP contribution < -0.4 is 14.8 Å². The summed E-state index contributed by atoms with van der Waals surface area (Å²) in [6, 6.07) is 13.5. The van der Waals surface area contributed by atoms with Crippen LogP contribution in [0.15, 0.2) is 42.5 Å². The number of rotatable bonds is 6. The van der Waals surface area contributed by atoms with Gasteiger partial charge in [0.05, 0.1) is 7.11 Å². The molecule has 2 rings (SSSR count). The first-order valence-electron chi connectivity index (χ1n) is 6.46. The van der Waals surface area contributed by atoms with Crippen molar-refractivity contribution in [2.75, 3.05) is 25.6 Å². The maximum atomic E-state index is 5.83. The van der Waals surface area contributed by atoms with Gasteiger partial charge in [0.15, 0.2) is 11.5 Å². The molecular weight excluding hydrogens is 274 g/mol. The van der Waals surface area contributed by atoms with Crippen LogP contribution in [0.3, 0.4) is 0 Å². The molecule has 0 amide bonds. The van der Waals surface area contributed by atoms with Crippen LogP contribution in [0.2, 0.25) is 5.02 Å². The molecule has 106 valence electrons. The van der Waals surface area contributed by atoms with Gasteiger partial charge >= 0.3 is 0 Å². The van der Waals surface area contributed by atoms with Crippen LogP contribution in [-0.2, 0) is 0 Å². The number of hydrogen-bond donors (Lipinski definition) is 1. The summed E-state index contributed by atoms with van der Waals surface area (Å²) in [5.41, 5.74) is 2.17. The molecule has 0 heterocycles. The zero-order valence-corrected chi connectivity index (χ0v) is 12.4. The van der Waals surface area contributed by atoms with Crippen molar-refractivity contribution in [3.05, 3.63) is 53.1 Å². The van der Waals surface area contributed by atoms with Gasteiger partial charge in [-0.2, -0.15) is 0 Å². The lowest BCUT2D eigenvalue weighted by Crippen LogP contribution is -2.11. The molecule has 4 heteroatoms. The first-order chi connectivity index (χ1) is 9.69. The lowest BCUT2D eigenvalue weighted by atomic mass is 10.2. The Morgan fingerprint density at radius 1 is 1.05 bits per heavy atom. The molecule has 3 nitrogen and oxygen atoms in total. The Morgan fingerprint density at radius 2 is 1.80 bits per heavy atom. The fraction of sp³-hybridized carbons (Fsp3) is 0.250. The summed E-state index contributed by atoms with van der Waals surface area (Å²) < 4.78 is 11.0. The van der Waals surface area contributed by atoms with Crippen molar-refractivity contribution >= 4 is 17.3 Å². The Morgan fingerprint density at radius 3 is 2.50 bits per heavy atom. The van der Waals surface area contributed by atoms with Crippen LogP contribution in [0.1, 0.15) is 5.56 Å². The molecule has 20 heavy (non-hydrogen) atoms. The van der Waals surface area contributed by atoms with Crippen LogP contribution in [0.4, 0.5) is 5.69 Å². The zero-order valence-electron chi connectivity index (χ0n) is 11.7. The first kappa shape index (κ1) is 14.5. The summed E-state index contributed by atoms with van der Waals surface area (Å²) in [6.07, 6.45) is 0. The minimum absolute atomic E-state index is 0.558. The molecule has 0 fully saturated rings. The lowest BCUT2D eigenvalue weighted by molar-refractivity contribution is 0.305. The Kier molecular flexibility index (Phi) is 5.13. The Labute approximate surface area is 124 Å². The highest BCUT2D eigenvalue weighted by Crippen LogP contribution is 2.27. The second-order valence-electron chi connectivity index (χ2n) is 4.44. The van der Waals surface area contributed by atoms with Gasteiger partial charge in [0.25, 0.3) is 0 Å². The minimum Gasteiger partial charge on any atom is -0.493 e. The fourth-order valence-corrected chi connectivity index (χ4v) is 1.94. The first-order valence-corrected chi connectivity index (χ1v) is 6.84. The van der Waals surface area contributed by atoms with E-state index >= 15 is 0 Å². The normalized spacial score (nSPS) is 10.2. The van der Waals surface area contributed by atoms with Gasteiger partial charge in [-0.05, 0) is 48.9 Å². The van der Waals surface area contributed by atoms with Gasteiger partial charge < -0.3 is 14.8 Å². The SMILES string of the molecule is COc1cc(C)ccc1OCCNc1ccc(Cl)cc1. The van der Waals surface area contributed by atoms with Crippen molar-refractivity contribution in [2.45, 2.75) is 6.92 Å². The Balaban J connectivity index is 1.82. The Bertz CT molecular complexity index is 555. The van der Waals surface area contributed by atoms with Crippen LogP contribution in [0.25, 0.3) is 0 Å². The number of anilines is 1. The van der Waals surface area contributed by atoms with Crippen LogP contribution in [-0.4, -0.2) is 20.3 Å². The van der Waals surface area contributed by atoms with E-state index in [9.17, 15) is 0 Å². The molecule has 0 radical (unpaired) electrons. The highest BCUT2D eigenvalue weighted by molar-refractivity contribution is 6.30. The van der Waals surface area contributed by atoms with Gasteiger partial charge in [0.1, 0.15) is 6.61 Å². The molecular formula is C16H18ClNO2. The van der Waals surface area contributed by atoms with E-state index in [1.54, 1.807) is 7.11 Å². The molecule has 0 aliphatic rings. The third-order valence-electron chi connectivity index (χ3n) is 2.85. The number of benzene rings is 2. The summed E-state index contributed by atoms with van der Waals surface area (Å²) in [5.74, 6) is 1.52. The number of hydrogen-bond acceptors (Lipinski definition) is 3. The van der Waals surface area contributed by atoms with E-state index < -0.39 is 0 Å². The quantitative estimate of drug-likeness (QED) is 0.811. The molecule has 0 aliphatic carbocycles. The summed E-state index contributed by atoms with van der Waals surface area (Å²) in [4.78, 5) is 0. The van der Waals surface area contributed by atoms with Gasteiger partial charge in [0, 0.05) is 17.3 Å². The molecule has 0 aromatic heterocycles. The number of ether oxygens (including phenoxy) is 2. The van der Waals surface area contributed by atoms with Gasteiger partial charge in [-0.25, -0.2) is 0 Å². The largest absolute Gasteiger partial charge is 0.493 e. The second kappa shape index (κ2) is 7.06. The predicted octanol–water partition coefficient (Wildman–Crippen LogP) is 4.15. The summed E-state index contributed by atoms with van der Waals surface area (Å²) >= 11 is 5.83. The van der Waals surface area contributed by atoms with E-state index in [1.807, 2.05) is 49.4 Å². The number of aryl methyl sites for hydroxylation is 1. The molecule has 2 aromatic rings. The van der Waals surface area contributed by atoms with Crippen LogP contribution in [0, 0.1) is 6.92 Å². The van der Waals surface area contributed by atoms with Crippen molar-refractivity contribution in [3.8, 4) is 11.5 Å². The monoisotopic (exact) mass is 291 g/mol. The summed E-state index contributed by atoms with van der Waals surface area (Å²) in [5, 5.41) is 4.00. The second-order valence-corrected chi connectivity index (χ2v) is 4.87. The average molecular weight is 292 g/mol. The van der Waals surface area contributed by atoms with Crippen molar-refractivity contribution in [1.82, 2.24) is 0 Å². The fourth-order valence-electron chi connectivity index (χ4n) is 1.82. The third-order valence-corrected chi connectivity index (χ3v) is 3.10. The smallest absolute Gasteiger partial charge is 0.161 e. The molecule has 0 aliphatic heterocycles. The van der Waals surface area contributed by atoms with E-state index in [2.05, 4.69) is 5.32 Å². The van der Waals surface area contributed by atoms with E-state index in [1.165, 1.54) is 0 Å². The maximum absolute atomic E-state index is 5.83. The minimum atomic E-state index is 0.558. The summed E-state index contributed by atoms with van der Waals surface area (Å²) in [6.45, 7) is 3.29. The highest BCUT2D eigenvalue weighted by Gasteiger charge is 2.03. The van der Waals surface area contributed by atoms with Crippen LogP contribution >= 0.6 is 11.6 Å². The number of halogens is 1. The van der Waals surface area contributed by atoms with Crippen LogP contribution in [0.5, 0.6) is 11.5 Å². The molecule has 0 spiro atoms. The number of methoxy groups -OCH3 is 1. The van der Waals surface area contributed by atoms with Crippen molar-refractivity contribution in [3.63, 3.8) is 0 Å². The molecule has 0 atom stereocenters. The van der Waals surface area contributed by atoms with Crippen molar-refractivity contribution in [1.29, 1.82) is 0 Å². The maximum Gasteiger partial charge on any atom is 0.161 e. The van der Waals surface area contributed by atoms with E-state index in [0.717, 1.165) is 27.8 Å². The van der Waals surface area contributed by atoms with E-state index in [4.69, 9.17) is 21.1 Å². The predicted molar refractivity (Wildman–Crippen MR) is 83.2 cm³/mol. The van der Waals surface area contributed by atoms with E-state index in [-0.39, 0.29) is 0 Å². The molecule has 0 saturated carbocycles. The van der Waals surface area contributed by atoms with Crippen molar-refractivity contribution < 1.29 is 9.47 Å². The van der Waals surface area contributed by atoms with Gasteiger partial charge in [-0.15, -0.1) is 0 Å². The molecule has 0 saturated heterocycles. The topological polar surface area (TPSA) is 30.5 Å². The average Bonchev–Trinajstić information content (AvgIpc) is 2.46. The van der Waals surface area contributed by atoms with Gasteiger partial charge in [-0.1, -0.05) is 17.7 Å². The molecule has 2 aromatic carbocycles. The lowest BCUT2D eigenvalue weighted by Gasteiger charge is -2.12. The van der Waals surface area contributed by atoms with Crippen molar-refractivity contribution in [2.24, 2.45) is 0 Å². The Hall–Kier alpha value is -1.87. The van der Waals surface area contributed by atoms with Gasteiger partial charge in [-0.3, -0.25) is 0 Å². The standard InChI is InChI=1S/C16H18ClNO2/c1-12-3-8-15(16(11-12)19-2)20-10-9-18-14-6-4-13(17)5-7-14/h3-8,11,18H,9-10H2,1-2H3. The molecule has 0 unspecified atom stereocenters. The zero-order chi connectivity index (χ0) is 14.4. The van der Waals surface area contributed by atoms with Gasteiger partial charge in [0.2, 0.25) is 0 Å². The molecule has 1 N–H and O–H groups in total. The molecule has 0 bridgehead atoms. The summed E-state index contributed by atoms with van der Waals surface area (Å²) in [7, 11) is 1.65.